The first-order valence-corrected chi connectivity index (χ1v) is 7.48. The highest BCUT2D eigenvalue weighted by Gasteiger charge is 2.35. The first kappa shape index (κ1) is 13.1. The zero-order chi connectivity index (χ0) is 12.3. The van der Waals surface area contributed by atoms with Crippen LogP contribution in [0.2, 0.25) is 0 Å². The van der Waals surface area contributed by atoms with Gasteiger partial charge in [-0.15, -0.1) is 11.3 Å². The molecule has 1 saturated carbocycles. The van der Waals surface area contributed by atoms with Crippen LogP contribution in [0.5, 0.6) is 0 Å². The molecule has 1 aliphatic rings. The lowest BCUT2D eigenvalue weighted by Crippen LogP contribution is -2.40. The predicted molar refractivity (Wildman–Crippen MR) is 75.3 cm³/mol. The van der Waals surface area contributed by atoms with Gasteiger partial charge in [0.25, 0.3) is 0 Å². The summed E-state index contributed by atoms with van der Waals surface area (Å²) >= 11 is 1.85. The molecule has 2 nitrogen and oxygen atoms in total. The second-order valence-electron chi connectivity index (χ2n) is 5.48. The molecule has 1 heterocycles. The normalized spacial score (nSPS) is 20.2. The highest BCUT2D eigenvalue weighted by molar-refractivity contribution is 7.10. The van der Waals surface area contributed by atoms with Crippen LogP contribution in [-0.4, -0.2) is 25.0 Å². The maximum absolute atomic E-state index is 5.91. The summed E-state index contributed by atoms with van der Waals surface area (Å²) in [6.45, 7) is 4.33. The molecule has 1 aromatic heterocycles. The third kappa shape index (κ3) is 2.90. The highest BCUT2D eigenvalue weighted by atomic mass is 32.1. The maximum atomic E-state index is 5.91. The smallest absolute Gasteiger partial charge is 0.0410 e. The predicted octanol–water partition coefficient (Wildman–Crippen LogP) is 3.26. The molecule has 17 heavy (non-hydrogen) atoms. The quantitative estimate of drug-likeness (QED) is 0.842. The van der Waals surface area contributed by atoms with Gasteiger partial charge in [-0.3, -0.25) is 4.90 Å². The monoisotopic (exact) mass is 252 g/mol. The highest BCUT2D eigenvalue weighted by Crippen LogP contribution is 2.43. The van der Waals surface area contributed by atoms with E-state index in [0.717, 1.165) is 13.1 Å². The molecule has 1 fully saturated rings. The molecule has 1 aromatic rings. The summed E-state index contributed by atoms with van der Waals surface area (Å²) < 4.78 is 0. The second kappa shape index (κ2) is 5.51. The van der Waals surface area contributed by atoms with Crippen molar-refractivity contribution in [3.63, 3.8) is 0 Å². The van der Waals surface area contributed by atoms with Gasteiger partial charge in [0, 0.05) is 10.9 Å². The first-order chi connectivity index (χ1) is 8.17. The Labute approximate surface area is 109 Å². The van der Waals surface area contributed by atoms with Gasteiger partial charge in [-0.2, -0.15) is 0 Å². The minimum atomic E-state index is 0.476. The fourth-order valence-electron chi connectivity index (χ4n) is 2.59. The molecule has 0 spiro atoms. The number of thiophene rings is 1. The molecule has 3 heteroatoms. The summed E-state index contributed by atoms with van der Waals surface area (Å²) in [5, 5.41) is 2.16. The van der Waals surface area contributed by atoms with Gasteiger partial charge in [-0.1, -0.05) is 12.5 Å². The lowest BCUT2D eigenvalue weighted by Gasteiger charge is -2.42. The summed E-state index contributed by atoms with van der Waals surface area (Å²) in [6.07, 6.45) is 5.31. The van der Waals surface area contributed by atoms with Gasteiger partial charge in [0.05, 0.1) is 0 Å². The van der Waals surface area contributed by atoms with Crippen LogP contribution < -0.4 is 5.73 Å². The fourth-order valence-corrected chi connectivity index (χ4v) is 3.43. The van der Waals surface area contributed by atoms with Crippen LogP contribution in [0.3, 0.4) is 0 Å². The zero-order valence-corrected chi connectivity index (χ0v) is 11.8. The molecule has 1 aliphatic carbocycles. The van der Waals surface area contributed by atoms with Crippen molar-refractivity contribution in [3.05, 3.63) is 22.4 Å². The van der Waals surface area contributed by atoms with Crippen molar-refractivity contribution in [2.75, 3.05) is 20.1 Å². The van der Waals surface area contributed by atoms with E-state index in [0.29, 0.717) is 11.5 Å². The van der Waals surface area contributed by atoms with Gasteiger partial charge < -0.3 is 5.73 Å². The zero-order valence-electron chi connectivity index (χ0n) is 11.0. The summed E-state index contributed by atoms with van der Waals surface area (Å²) in [5.74, 6) is 0. The lowest BCUT2D eigenvalue weighted by molar-refractivity contribution is 0.104. The topological polar surface area (TPSA) is 29.3 Å². The van der Waals surface area contributed by atoms with Crippen LogP contribution in [0, 0.1) is 5.41 Å². The lowest BCUT2D eigenvalue weighted by atomic mass is 9.66. The van der Waals surface area contributed by atoms with Crippen LogP contribution >= 0.6 is 11.3 Å². The van der Waals surface area contributed by atoms with Crippen molar-refractivity contribution >= 4 is 11.3 Å². The van der Waals surface area contributed by atoms with Crippen LogP contribution in [0.1, 0.15) is 43.5 Å². The third-order valence-electron chi connectivity index (χ3n) is 4.46. The molecule has 0 saturated heterocycles. The largest absolute Gasteiger partial charge is 0.330 e. The maximum Gasteiger partial charge on any atom is 0.0410 e. The molecule has 2 rings (SSSR count). The average molecular weight is 252 g/mol. The molecule has 96 valence electrons. The van der Waals surface area contributed by atoms with Gasteiger partial charge in [0.2, 0.25) is 0 Å². The van der Waals surface area contributed by atoms with Gasteiger partial charge in [-0.25, -0.2) is 0 Å². The van der Waals surface area contributed by atoms with E-state index in [-0.39, 0.29) is 0 Å². The second-order valence-corrected chi connectivity index (χ2v) is 6.46. The van der Waals surface area contributed by atoms with Crippen LogP contribution in [-0.2, 0) is 0 Å². The molecule has 0 bridgehead atoms. The molecular weight excluding hydrogens is 228 g/mol. The van der Waals surface area contributed by atoms with Crippen LogP contribution in [0.25, 0.3) is 0 Å². The fraction of sp³-hybridized carbons (Fsp3) is 0.714. The number of nitrogens with zero attached hydrogens (tertiary/aromatic N) is 1. The van der Waals surface area contributed by atoms with E-state index in [9.17, 15) is 0 Å². The molecule has 2 N–H and O–H groups in total. The van der Waals surface area contributed by atoms with Crippen molar-refractivity contribution < 1.29 is 0 Å². The third-order valence-corrected chi connectivity index (χ3v) is 5.50. The SMILES string of the molecule is CC(c1cccs1)N(C)CCC1(CN)CCC1. The number of nitrogens with two attached hydrogens (primary N) is 1. The molecule has 1 unspecified atom stereocenters. The van der Waals surface area contributed by atoms with Crippen molar-refractivity contribution in [1.82, 2.24) is 4.90 Å². The van der Waals surface area contributed by atoms with E-state index in [1.165, 1.54) is 30.6 Å². The van der Waals surface area contributed by atoms with Crippen LogP contribution in [0.15, 0.2) is 17.5 Å². The Morgan fingerprint density at radius 1 is 1.53 bits per heavy atom. The van der Waals surface area contributed by atoms with Crippen molar-refractivity contribution in [2.45, 2.75) is 38.6 Å². The van der Waals surface area contributed by atoms with Crippen molar-refractivity contribution in [2.24, 2.45) is 11.1 Å². The van der Waals surface area contributed by atoms with Crippen molar-refractivity contribution in [1.29, 1.82) is 0 Å². The summed E-state index contributed by atoms with van der Waals surface area (Å²) in [5.41, 5.74) is 6.38. The Morgan fingerprint density at radius 3 is 2.76 bits per heavy atom. The average Bonchev–Trinajstić information content (AvgIpc) is 2.80. The Hall–Kier alpha value is -0.380. The summed E-state index contributed by atoms with van der Waals surface area (Å²) in [4.78, 5) is 3.92. The van der Waals surface area contributed by atoms with E-state index in [2.05, 4.69) is 36.4 Å². The van der Waals surface area contributed by atoms with E-state index in [4.69, 9.17) is 5.73 Å². The van der Waals surface area contributed by atoms with Crippen LogP contribution in [0.4, 0.5) is 0 Å². The van der Waals surface area contributed by atoms with E-state index in [1.54, 1.807) is 0 Å². The number of hydrogen-bond acceptors (Lipinski definition) is 3. The Bertz CT molecular complexity index is 324. The van der Waals surface area contributed by atoms with Gasteiger partial charge in [-0.05, 0) is 63.2 Å². The van der Waals surface area contributed by atoms with E-state index >= 15 is 0 Å². The molecule has 0 aromatic carbocycles. The van der Waals surface area contributed by atoms with Gasteiger partial charge in [0.15, 0.2) is 0 Å². The molecular formula is C14H24N2S. The van der Waals surface area contributed by atoms with Gasteiger partial charge >= 0.3 is 0 Å². The summed E-state index contributed by atoms with van der Waals surface area (Å²) in [7, 11) is 2.23. The van der Waals surface area contributed by atoms with Crippen molar-refractivity contribution in [3.8, 4) is 0 Å². The molecule has 0 aliphatic heterocycles. The van der Waals surface area contributed by atoms with E-state index < -0.39 is 0 Å². The Balaban J connectivity index is 1.82. The standard InChI is InChI=1S/C14H24N2S/c1-12(13-5-3-10-17-13)16(2)9-8-14(11-15)6-4-7-14/h3,5,10,12H,4,6-9,11,15H2,1-2H3. The molecule has 0 radical (unpaired) electrons. The Kier molecular flexibility index (Phi) is 4.23. The first-order valence-electron chi connectivity index (χ1n) is 6.61. The number of hydrogen-bond donors (Lipinski definition) is 1. The minimum absolute atomic E-state index is 0.476. The Morgan fingerprint density at radius 2 is 2.29 bits per heavy atom. The van der Waals surface area contributed by atoms with Gasteiger partial charge in [0.1, 0.15) is 0 Å². The number of rotatable bonds is 6. The summed E-state index contributed by atoms with van der Waals surface area (Å²) in [6, 6.07) is 4.90. The minimum Gasteiger partial charge on any atom is -0.330 e. The van der Waals surface area contributed by atoms with E-state index in [1.807, 2.05) is 11.3 Å². The molecule has 0 amide bonds. The molecule has 1 atom stereocenters.